The minimum absolute atomic E-state index is 0.0232. The summed E-state index contributed by atoms with van der Waals surface area (Å²) in [6.07, 6.45) is 7.20. The van der Waals surface area contributed by atoms with Gasteiger partial charge in [-0.2, -0.15) is 4.98 Å². The van der Waals surface area contributed by atoms with Crippen LogP contribution in [0.25, 0.3) is 11.1 Å². The van der Waals surface area contributed by atoms with Gasteiger partial charge in [-0.15, -0.1) is 0 Å². The first-order valence-corrected chi connectivity index (χ1v) is 10.7. The molecule has 0 aliphatic carbocycles. The van der Waals surface area contributed by atoms with E-state index in [0.717, 1.165) is 62.1 Å². The average molecular weight is 406 g/mol. The highest BCUT2D eigenvalue weighted by molar-refractivity contribution is 5.86. The van der Waals surface area contributed by atoms with Gasteiger partial charge in [0.2, 0.25) is 5.91 Å². The zero-order valence-electron chi connectivity index (χ0n) is 16.9. The Bertz CT molecular complexity index is 967. The normalized spacial score (nSPS) is 21.1. The van der Waals surface area contributed by atoms with Crippen molar-refractivity contribution in [3.63, 3.8) is 0 Å². The van der Waals surface area contributed by atoms with E-state index < -0.39 is 0 Å². The first-order chi connectivity index (χ1) is 14.8. The predicted molar refractivity (Wildman–Crippen MR) is 113 cm³/mol. The third kappa shape index (κ3) is 3.77. The molecule has 156 valence electrons. The molecular weight excluding hydrogens is 380 g/mol. The van der Waals surface area contributed by atoms with Crippen LogP contribution < -0.4 is 10.2 Å². The number of benzene rings is 1. The van der Waals surface area contributed by atoms with Crippen LogP contribution in [0.2, 0.25) is 0 Å². The van der Waals surface area contributed by atoms with Crippen molar-refractivity contribution in [2.45, 2.75) is 37.8 Å². The number of nitrogens with one attached hydrogen (secondary N) is 1. The number of fused-ring (bicyclic) bond motifs is 1. The third-order valence-corrected chi connectivity index (χ3v) is 6.16. The number of carbonyl (C=O) groups excluding carboxylic acids is 1. The van der Waals surface area contributed by atoms with Crippen LogP contribution in [0.1, 0.15) is 37.3 Å². The second-order valence-corrected chi connectivity index (χ2v) is 8.04. The number of nitrogens with zero attached hydrogens (tertiary/aromatic N) is 3. The van der Waals surface area contributed by atoms with E-state index in [4.69, 9.17) is 9.15 Å². The summed E-state index contributed by atoms with van der Waals surface area (Å²) in [7, 11) is 0. The van der Waals surface area contributed by atoms with E-state index in [9.17, 15) is 4.79 Å². The quantitative estimate of drug-likeness (QED) is 0.699. The van der Waals surface area contributed by atoms with Gasteiger partial charge in [0.15, 0.2) is 5.58 Å². The summed E-state index contributed by atoms with van der Waals surface area (Å²) in [4.78, 5) is 24.3. The molecule has 7 nitrogen and oxygen atoms in total. The van der Waals surface area contributed by atoms with Gasteiger partial charge in [-0.1, -0.05) is 18.2 Å². The first-order valence-electron chi connectivity index (χ1n) is 10.7. The van der Waals surface area contributed by atoms with E-state index in [1.165, 1.54) is 0 Å². The van der Waals surface area contributed by atoms with Crippen LogP contribution in [-0.4, -0.2) is 41.7 Å². The molecule has 2 aliphatic heterocycles. The molecule has 7 heteroatoms. The van der Waals surface area contributed by atoms with E-state index in [0.29, 0.717) is 11.9 Å². The van der Waals surface area contributed by atoms with Gasteiger partial charge >= 0.3 is 0 Å². The largest absolute Gasteiger partial charge is 0.423 e. The third-order valence-electron chi connectivity index (χ3n) is 6.16. The summed E-state index contributed by atoms with van der Waals surface area (Å²) in [5, 5.41) is 3.33. The molecule has 2 unspecified atom stereocenters. The van der Waals surface area contributed by atoms with Crippen molar-refractivity contribution in [2.75, 3.05) is 24.7 Å². The Morgan fingerprint density at radius 1 is 1.13 bits per heavy atom. The highest BCUT2D eigenvalue weighted by Crippen LogP contribution is 2.32. The fourth-order valence-electron chi connectivity index (χ4n) is 4.58. The zero-order valence-corrected chi connectivity index (χ0v) is 16.9. The van der Waals surface area contributed by atoms with E-state index in [1.54, 1.807) is 6.20 Å². The Labute approximate surface area is 175 Å². The molecule has 1 amide bonds. The average Bonchev–Trinajstić information content (AvgIpc) is 3.45. The summed E-state index contributed by atoms with van der Waals surface area (Å²) in [6.45, 7) is 2.23. The van der Waals surface area contributed by atoms with Crippen LogP contribution in [0.15, 0.2) is 53.2 Å². The second-order valence-electron chi connectivity index (χ2n) is 8.04. The van der Waals surface area contributed by atoms with Crippen molar-refractivity contribution in [1.82, 2.24) is 15.3 Å². The number of carbonyl (C=O) groups is 1. The monoisotopic (exact) mass is 406 g/mol. The van der Waals surface area contributed by atoms with Gasteiger partial charge in [0, 0.05) is 32.2 Å². The SMILES string of the molecule is O=C(NC(c1cccnc1)C1CCOCC1)C1CCCN1c1nc2ccccc2o1. The number of pyridine rings is 1. The van der Waals surface area contributed by atoms with Gasteiger partial charge in [-0.25, -0.2) is 0 Å². The lowest BCUT2D eigenvalue weighted by molar-refractivity contribution is -0.123. The van der Waals surface area contributed by atoms with Gasteiger partial charge in [0.1, 0.15) is 11.6 Å². The molecule has 2 aliphatic rings. The molecule has 5 rings (SSSR count). The van der Waals surface area contributed by atoms with Gasteiger partial charge in [0.05, 0.1) is 6.04 Å². The van der Waals surface area contributed by atoms with Crippen LogP contribution in [0.5, 0.6) is 0 Å². The van der Waals surface area contributed by atoms with Crippen molar-refractivity contribution in [2.24, 2.45) is 5.92 Å². The van der Waals surface area contributed by atoms with Gasteiger partial charge in [-0.05, 0) is 55.4 Å². The van der Waals surface area contributed by atoms with Crippen molar-refractivity contribution in [1.29, 1.82) is 0 Å². The first kappa shape index (κ1) is 19.1. The maximum Gasteiger partial charge on any atom is 0.299 e. The predicted octanol–water partition coefficient (Wildman–Crippen LogP) is 3.48. The molecule has 30 heavy (non-hydrogen) atoms. The summed E-state index contributed by atoms with van der Waals surface area (Å²) < 4.78 is 11.5. The molecule has 2 saturated heterocycles. The molecule has 1 aromatic carbocycles. The molecule has 0 spiro atoms. The number of ether oxygens (including phenoxy) is 1. The lowest BCUT2D eigenvalue weighted by atomic mass is 9.87. The van der Waals surface area contributed by atoms with Crippen molar-refractivity contribution in [3.8, 4) is 0 Å². The Kier molecular flexibility index (Phi) is 5.36. The van der Waals surface area contributed by atoms with Crippen LogP contribution in [0, 0.1) is 5.92 Å². The summed E-state index contributed by atoms with van der Waals surface area (Å²) in [5.41, 5.74) is 2.60. The van der Waals surface area contributed by atoms with Crippen LogP contribution >= 0.6 is 0 Å². The Balaban J connectivity index is 1.37. The fourth-order valence-corrected chi connectivity index (χ4v) is 4.58. The summed E-state index contributed by atoms with van der Waals surface area (Å²) in [6, 6.07) is 11.8. The standard InChI is InChI=1S/C23H26N4O3/c28-22(26-21(16-9-13-29-14-10-16)17-5-3-11-24-15-17)19-7-4-12-27(19)23-25-18-6-1-2-8-20(18)30-23/h1-3,5-6,8,11,15-16,19,21H,4,7,9-10,12-14H2,(H,26,28). The fraction of sp³-hybridized carbons (Fsp3) is 0.435. The number of anilines is 1. The van der Waals surface area contributed by atoms with Crippen molar-refractivity contribution in [3.05, 3.63) is 54.4 Å². The van der Waals surface area contributed by atoms with E-state index in [1.807, 2.05) is 47.5 Å². The number of para-hydroxylation sites is 2. The second kappa shape index (κ2) is 8.44. The van der Waals surface area contributed by atoms with E-state index >= 15 is 0 Å². The molecule has 1 N–H and O–H groups in total. The molecule has 2 atom stereocenters. The topological polar surface area (TPSA) is 80.5 Å². The molecule has 0 bridgehead atoms. The Hall–Kier alpha value is -2.93. The molecule has 4 heterocycles. The van der Waals surface area contributed by atoms with Gasteiger partial charge in [-0.3, -0.25) is 9.78 Å². The molecule has 2 aromatic heterocycles. The van der Waals surface area contributed by atoms with E-state index in [2.05, 4.69) is 15.3 Å². The van der Waals surface area contributed by atoms with Gasteiger partial charge in [0.25, 0.3) is 6.01 Å². The highest BCUT2D eigenvalue weighted by Gasteiger charge is 2.36. The maximum atomic E-state index is 13.4. The van der Waals surface area contributed by atoms with Crippen molar-refractivity contribution < 1.29 is 13.9 Å². The Morgan fingerprint density at radius 2 is 2.00 bits per heavy atom. The van der Waals surface area contributed by atoms with E-state index in [-0.39, 0.29) is 18.0 Å². The number of hydrogen-bond donors (Lipinski definition) is 1. The molecule has 0 radical (unpaired) electrons. The minimum atomic E-state index is -0.280. The number of hydrogen-bond acceptors (Lipinski definition) is 6. The Morgan fingerprint density at radius 3 is 2.80 bits per heavy atom. The zero-order chi connectivity index (χ0) is 20.3. The lowest BCUT2D eigenvalue weighted by Crippen LogP contribution is -2.46. The van der Waals surface area contributed by atoms with Gasteiger partial charge < -0.3 is 19.4 Å². The van der Waals surface area contributed by atoms with Crippen LogP contribution in [0.4, 0.5) is 6.01 Å². The summed E-state index contributed by atoms with van der Waals surface area (Å²) in [5.74, 6) is 0.362. The number of oxazole rings is 1. The van der Waals surface area contributed by atoms with Crippen LogP contribution in [-0.2, 0) is 9.53 Å². The van der Waals surface area contributed by atoms with Crippen LogP contribution in [0.3, 0.4) is 0 Å². The highest BCUT2D eigenvalue weighted by atomic mass is 16.5. The smallest absolute Gasteiger partial charge is 0.299 e. The maximum absolute atomic E-state index is 13.4. The molecule has 0 saturated carbocycles. The molecule has 2 fully saturated rings. The number of rotatable bonds is 5. The van der Waals surface area contributed by atoms with Crippen molar-refractivity contribution >= 4 is 23.0 Å². The molecule has 3 aromatic rings. The minimum Gasteiger partial charge on any atom is -0.423 e. The summed E-state index contributed by atoms with van der Waals surface area (Å²) >= 11 is 0. The number of aromatic nitrogens is 2. The number of amides is 1. The lowest BCUT2D eigenvalue weighted by Gasteiger charge is -2.33. The molecular formula is C23H26N4O3.